The van der Waals surface area contributed by atoms with Gasteiger partial charge in [0.15, 0.2) is 0 Å². The van der Waals surface area contributed by atoms with Crippen LogP contribution in [0.2, 0.25) is 0 Å². The lowest BCUT2D eigenvalue weighted by molar-refractivity contribution is 0.285. The van der Waals surface area contributed by atoms with Crippen LogP contribution in [0.15, 0.2) is 30.3 Å². The van der Waals surface area contributed by atoms with Gasteiger partial charge in [-0.25, -0.2) is 4.39 Å². The minimum atomic E-state index is -0.299. The second-order valence-electron chi connectivity index (χ2n) is 4.23. The molecule has 0 amide bonds. The van der Waals surface area contributed by atoms with Crippen LogP contribution in [0, 0.1) is 0 Å². The maximum atomic E-state index is 12.0. The molecule has 90 valence electrons. The van der Waals surface area contributed by atoms with Gasteiger partial charge in [0.1, 0.15) is 6.67 Å². The van der Waals surface area contributed by atoms with Crippen molar-refractivity contribution in [1.82, 2.24) is 10.2 Å². The zero-order valence-electron chi connectivity index (χ0n) is 10.1. The summed E-state index contributed by atoms with van der Waals surface area (Å²) in [6, 6.07) is 10.7. The van der Waals surface area contributed by atoms with E-state index in [-0.39, 0.29) is 6.67 Å². The minimum Gasteiger partial charge on any atom is -0.310 e. The van der Waals surface area contributed by atoms with Crippen molar-refractivity contribution >= 4 is 0 Å². The highest BCUT2D eigenvalue weighted by Crippen LogP contribution is 2.02. The van der Waals surface area contributed by atoms with Crippen molar-refractivity contribution < 1.29 is 4.39 Å². The van der Waals surface area contributed by atoms with E-state index < -0.39 is 0 Å². The van der Waals surface area contributed by atoms with Crippen LogP contribution in [0.3, 0.4) is 0 Å². The maximum Gasteiger partial charge on any atom is 0.102 e. The molecule has 0 aliphatic heterocycles. The summed E-state index contributed by atoms with van der Waals surface area (Å²) >= 11 is 0. The van der Waals surface area contributed by atoms with Crippen LogP contribution in [0.1, 0.15) is 12.5 Å². The number of likely N-dealkylation sites (N-methyl/N-ethyl adjacent to an activating group) is 1. The molecule has 0 aliphatic carbocycles. The average Bonchev–Trinajstić information content (AvgIpc) is 2.27. The van der Waals surface area contributed by atoms with Gasteiger partial charge in [-0.1, -0.05) is 30.3 Å². The van der Waals surface area contributed by atoms with Crippen LogP contribution >= 0.6 is 0 Å². The Balaban J connectivity index is 2.27. The van der Waals surface area contributed by atoms with Crippen molar-refractivity contribution in [1.29, 1.82) is 0 Å². The molecule has 1 aromatic rings. The van der Waals surface area contributed by atoms with E-state index in [4.69, 9.17) is 0 Å². The summed E-state index contributed by atoms with van der Waals surface area (Å²) in [4.78, 5) is 2.24. The van der Waals surface area contributed by atoms with Crippen LogP contribution in [-0.2, 0) is 6.54 Å². The standard InChI is InChI=1S/C13H21FN2/c1-12(15-9-8-14)10-16(2)11-13-6-4-3-5-7-13/h3-7,12,15H,8-11H2,1-2H3. The minimum absolute atomic E-state index is 0.299. The molecule has 0 bridgehead atoms. The molecule has 0 spiro atoms. The Bertz CT molecular complexity index is 277. The topological polar surface area (TPSA) is 15.3 Å². The summed E-state index contributed by atoms with van der Waals surface area (Å²) in [7, 11) is 2.08. The van der Waals surface area contributed by atoms with Gasteiger partial charge in [-0.05, 0) is 19.5 Å². The Kier molecular flexibility index (Phi) is 6.04. The van der Waals surface area contributed by atoms with Crippen molar-refractivity contribution in [2.24, 2.45) is 0 Å². The fraction of sp³-hybridized carbons (Fsp3) is 0.538. The Morgan fingerprint density at radius 2 is 2.00 bits per heavy atom. The average molecular weight is 224 g/mol. The van der Waals surface area contributed by atoms with Gasteiger partial charge in [0, 0.05) is 25.7 Å². The first-order chi connectivity index (χ1) is 7.72. The van der Waals surface area contributed by atoms with E-state index in [1.807, 2.05) is 18.2 Å². The van der Waals surface area contributed by atoms with Gasteiger partial charge < -0.3 is 10.2 Å². The SMILES string of the molecule is CC(CN(C)Cc1ccccc1)NCCF. The summed E-state index contributed by atoms with van der Waals surface area (Å²) in [5, 5.41) is 3.13. The van der Waals surface area contributed by atoms with E-state index in [1.165, 1.54) is 5.56 Å². The highest BCUT2D eigenvalue weighted by Gasteiger charge is 2.05. The Hall–Kier alpha value is -0.930. The molecule has 1 rings (SSSR count). The van der Waals surface area contributed by atoms with Gasteiger partial charge in [0.2, 0.25) is 0 Å². The second-order valence-corrected chi connectivity index (χ2v) is 4.23. The van der Waals surface area contributed by atoms with E-state index in [0.717, 1.165) is 13.1 Å². The Labute approximate surface area is 97.5 Å². The molecule has 1 N–H and O–H groups in total. The molecule has 0 fully saturated rings. The molecule has 2 nitrogen and oxygen atoms in total. The van der Waals surface area contributed by atoms with Crippen molar-refractivity contribution in [2.45, 2.75) is 19.5 Å². The summed E-state index contributed by atoms with van der Waals surface area (Å²) in [6.07, 6.45) is 0. The van der Waals surface area contributed by atoms with E-state index in [9.17, 15) is 4.39 Å². The zero-order valence-corrected chi connectivity index (χ0v) is 10.1. The number of hydrogen-bond donors (Lipinski definition) is 1. The van der Waals surface area contributed by atoms with Crippen molar-refractivity contribution in [3.8, 4) is 0 Å². The van der Waals surface area contributed by atoms with Crippen LogP contribution in [0.4, 0.5) is 4.39 Å². The Morgan fingerprint density at radius 1 is 1.31 bits per heavy atom. The van der Waals surface area contributed by atoms with Gasteiger partial charge in [-0.2, -0.15) is 0 Å². The third-order valence-corrected chi connectivity index (χ3v) is 2.47. The molecule has 0 saturated carbocycles. The molecule has 1 aromatic carbocycles. The number of nitrogens with zero attached hydrogens (tertiary/aromatic N) is 1. The number of alkyl halides is 1. The molecular weight excluding hydrogens is 203 g/mol. The molecule has 0 heterocycles. The molecule has 3 heteroatoms. The number of halogens is 1. The molecule has 1 atom stereocenters. The van der Waals surface area contributed by atoms with Crippen molar-refractivity contribution in [3.63, 3.8) is 0 Å². The number of benzene rings is 1. The van der Waals surface area contributed by atoms with Crippen LogP contribution < -0.4 is 5.32 Å². The van der Waals surface area contributed by atoms with Gasteiger partial charge in [0.25, 0.3) is 0 Å². The molecule has 0 aromatic heterocycles. The first-order valence-corrected chi connectivity index (χ1v) is 5.74. The molecule has 0 radical (unpaired) electrons. The number of nitrogens with one attached hydrogen (secondary N) is 1. The van der Waals surface area contributed by atoms with Crippen molar-refractivity contribution in [3.05, 3.63) is 35.9 Å². The molecule has 16 heavy (non-hydrogen) atoms. The van der Waals surface area contributed by atoms with Crippen LogP contribution in [0.25, 0.3) is 0 Å². The number of hydrogen-bond acceptors (Lipinski definition) is 2. The largest absolute Gasteiger partial charge is 0.310 e. The first-order valence-electron chi connectivity index (χ1n) is 5.74. The van der Waals surface area contributed by atoms with Gasteiger partial charge in [-0.15, -0.1) is 0 Å². The summed E-state index contributed by atoms with van der Waals surface area (Å²) in [6.45, 7) is 4.08. The van der Waals surface area contributed by atoms with E-state index in [2.05, 4.69) is 36.3 Å². The zero-order chi connectivity index (χ0) is 11.8. The highest BCUT2D eigenvalue weighted by molar-refractivity contribution is 5.14. The van der Waals surface area contributed by atoms with E-state index in [0.29, 0.717) is 12.6 Å². The second kappa shape index (κ2) is 7.36. The summed E-state index contributed by atoms with van der Waals surface area (Å²) in [5.41, 5.74) is 1.31. The number of rotatable bonds is 7. The highest BCUT2D eigenvalue weighted by atomic mass is 19.1. The van der Waals surface area contributed by atoms with Gasteiger partial charge in [-0.3, -0.25) is 0 Å². The monoisotopic (exact) mass is 224 g/mol. The Morgan fingerprint density at radius 3 is 2.62 bits per heavy atom. The van der Waals surface area contributed by atoms with E-state index >= 15 is 0 Å². The lowest BCUT2D eigenvalue weighted by Gasteiger charge is -2.21. The predicted octanol–water partition coefficient (Wildman–Crippen LogP) is 2.07. The first kappa shape index (κ1) is 13.1. The molecular formula is C13H21FN2. The van der Waals surface area contributed by atoms with Crippen LogP contribution in [0.5, 0.6) is 0 Å². The lowest BCUT2D eigenvalue weighted by atomic mass is 10.2. The normalized spacial score (nSPS) is 13.0. The molecule has 0 saturated heterocycles. The molecule has 1 unspecified atom stereocenters. The lowest BCUT2D eigenvalue weighted by Crippen LogP contribution is -2.38. The quantitative estimate of drug-likeness (QED) is 0.762. The summed E-state index contributed by atoms with van der Waals surface area (Å²) in [5.74, 6) is 0. The fourth-order valence-electron chi connectivity index (χ4n) is 1.79. The van der Waals surface area contributed by atoms with E-state index in [1.54, 1.807) is 0 Å². The third-order valence-electron chi connectivity index (χ3n) is 2.47. The maximum absolute atomic E-state index is 12.0. The van der Waals surface area contributed by atoms with Gasteiger partial charge >= 0.3 is 0 Å². The molecule has 0 aliphatic rings. The summed E-state index contributed by atoms with van der Waals surface area (Å²) < 4.78 is 12.0. The third kappa shape index (κ3) is 5.24. The van der Waals surface area contributed by atoms with Gasteiger partial charge in [0.05, 0.1) is 0 Å². The predicted molar refractivity (Wildman–Crippen MR) is 66.2 cm³/mol. The van der Waals surface area contributed by atoms with Crippen molar-refractivity contribution in [2.75, 3.05) is 26.8 Å². The fourth-order valence-corrected chi connectivity index (χ4v) is 1.79. The smallest absolute Gasteiger partial charge is 0.102 e. The van der Waals surface area contributed by atoms with Crippen LogP contribution in [-0.4, -0.2) is 37.8 Å².